The number of ether oxygens (including phenoxy) is 1. The second-order valence-corrected chi connectivity index (χ2v) is 10.4. The van der Waals surface area contributed by atoms with E-state index in [9.17, 15) is 28.0 Å². The van der Waals surface area contributed by atoms with Crippen LogP contribution in [0.2, 0.25) is 0 Å². The number of hydrogen-bond donors (Lipinski definition) is 3. The molecule has 0 spiro atoms. The molecule has 4 amide bonds. The summed E-state index contributed by atoms with van der Waals surface area (Å²) in [5.74, 6) is -8.65. The molecule has 3 N–H and O–H groups in total. The van der Waals surface area contributed by atoms with Gasteiger partial charge in [0.15, 0.2) is 0 Å². The molecule has 2 heterocycles. The molecule has 0 aliphatic carbocycles. The first-order chi connectivity index (χ1) is 20.3. The van der Waals surface area contributed by atoms with Gasteiger partial charge in [0.25, 0.3) is 5.91 Å². The first-order valence-electron chi connectivity index (χ1n) is 13.8. The Kier molecular flexibility index (Phi) is 11.1. The van der Waals surface area contributed by atoms with Crippen LogP contribution >= 0.6 is 0 Å². The number of amides is 4. The van der Waals surface area contributed by atoms with E-state index in [1.807, 2.05) is 12.4 Å². The number of pyridine rings is 1. The third-order valence-corrected chi connectivity index (χ3v) is 7.33. The number of nitrogens with one attached hydrogen (secondary N) is 3. The number of anilines is 1. The van der Waals surface area contributed by atoms with Gasteiger partial charge in [0.1, 0.15) is 17.9 Å². The highest BCUT2D eigenvalue weighted by atomic mass is 19.3. The van der Waals surface area contributed by atoms with Crippen molar-refractivity contribution >= 4 is 29.3 Å². The van der Waals surface area contributed by atoms with Crippen molar-refractivity contribution in [1.29, 1.82) is 0 Å². The lowest BCUT2D eigenvalue weighted by Gasteiger charge is -2.36. The Balaban J connectivity index is 1.69. The van der Waals surface area contributed by atoms with Crippen molar-refractivity contribution < 1.29 is 37.1 Å². The van der Waals surface area contributed by atoms with Crippen molar-refractivity contribution in [3.05, 3.63) is 53.5 Å². The van der Waals surface area contributed by atoms with Crippen molar-refractivity contribution in [3.8, 4) is 5.88 Å². The third kappa shape index (κ3) is 8.21. The first kappa shape index (κ1) is 33.3. The van der Waals surface area contributed by atoms with Crippen LogP contribution in [0.5, 0.6) is 5.88 Å². The van der Waals surface area contributed by atoms with Gasteiger partial charge in [-0.05, 0) is 37.7 Å². The van der Waals surface area contributed by atoms with Gasteiger partial charge in [0, 0.05) is 56.3 Å². The van der Waals surface area contributed by atoms with Gasteiger partial charge in [-0.2, -0.15) is 8.78 Å². The molecule has 43 heavy (non-hydrogen) atoms. The highest BCUT2D eigenvalue weighted by molar-refractivity contribution is 5.98. The molecule has 14 heteroatoms. The number of rotatable bonds is 11. The fraction of sp³-hybridized carbons (Fsp3) is 0.483. The molecule has 1 aliphatic rings. The number of aromatic nitrogens is 1. The monoisotopic (exact) mass is 606 g/mol. The zero-order valence-electron chi connectivity index (χ0n) is 24.7. The van der Waals surface area contributed by atoms with E-state index < -0.39 is 47.1 Å². The van der Waals surface area contributed by atoms with Crippen LogP contribution in [0.25, 0.3) is 0 Å². The number of piperazine rings is 1. The average molecular weight is 607 g/mol. The molecule has 2 aromatic rings. The van der Waals surface area contributed by atoms with Crippen LogP contribution in [-0.2, 0) is 25.1 Å². The van der Waals surface area contributed by atoms with Crippen LogP contribution in [0.1, 0.15) is 44.2 Å². The summed E-state index contributed by atoms with van der Waals surface area (Å²) in [6, 6.07) is 3.67. The molecule has 1 saturated heterocycles. The minimum absolute atomic E-state index is 0.0815. The molecule has 0 radical (unpaired) electrons. The number of hydrogen-bond acceptors (Lipinski definition) is 7. The van der Waals surface area contributed by atoms with Gasteiger partial charge in [0.2, 0.25) is 23.6 Å². The summed E-state index contributed by atoms with van der Waals surface area (Å²) < 4.78 is 49.2. The highest BCUT2D eigenvalue weighted by Crippen LogP contribution is 2.29. The van der Waals surface area contributed by atoms with Crippen LogP contribution in [0, 0.1) is 5.82 Å². The van der Waals surface area contributed by atoms with Crippen LogP contribution in [0.4, 0.5) is 18.9 Å². The number of benzene rings is 1. The van der Waals surface area contributed by atoms with Crippen molar-refractivity contribution in [2.75, 3.05) is 45.7 Å². The van der Waals surface area contributed by atoms with E-state index >= 15 is 4.39 Å². The first-order valence-corrected chi connectivity index (χ1v) is 13.8. The second kappa shape index (κ2) is 14.3. The molecule has 1 aliphatic heterocycles. The normalized spacial score (nSPS) is 16.0. The predicted molar refractivity (Wildman–Crippen MR) is 152 cm³/mol. The summed E-state index contributed by atoms with van der Waals surface area (Å²) in [6.07, 6.45) is 0.953. The quantitative estimate of drug-likeness (QED) is 0.358. The summed E-state index contributed by atoms with van der Waals surface area (Å²) >= 11 is 0. The fourth-order valence-electron chi connectivity index (χ4n) is 4.42. The number of likely N-dealkylation sites (N-methyl/N-ethyl adjacent to an activating group) is 1. The molecule has 0 bridgehead atoms. The molecule has 0 saturated carbocycles. The van der Waals surface area contributed by atoms with Gasteiger partial charge in [-0.15, -0.1) is 0 Å². The molecule has 0 unspecified atom stereocenters. The van der Waals surface area contributed by atoms with Crippen LogP contribution in [-0.4, -0.2) is 90.8 Å². The van der Waals surface area contributed by atoms with Crippen LogP contribution in [0.3, 0.4) is 0 Å². The van der Waals surface area contributed by atoms with Gasteiger partial charge in [-0.25, -0.2) is 9.37 Å². The summed E-state index contributed by atoms with van der Waals surface area (Å²) in [6.45, 7) is 6.90. The molecular weight excluding hydrogens is 569 g/mol. The van der Waals surface area contributed by atoms with Crippen molar-refractivity contribution in [1.82, 2.24) is 25.4 Å². The SMILES string of the molecule is CCC(=O)N[C@@H](C(=O)N1CCN(C)CC1)[C@@H](C)c1ccc(NC(=O)[C@H](C)NC(=O)C(F)(F)c2ccc(OC)nc2)c(F)c1. The molecule has 1 aromatic carbocycles. The topological polar surface area (TPSA) is 133 Å². The maximum atomic E-state index is 15.1. The molecular formula is C29H37F3N6O5. The predicted octanol–water partition coefficient (Wildman–Crippen LogP) is 2.24. The van der Waals surface area contributed by atoms with Gasteiger partial charge >= 0.3 is 5.92 Å². The number of alkyl halides is 2. The van der Waals surface area contributed by atoms with Gasteiger partial charge in [-0.3, -0.25) is 19.2 Å². The Labute approximate surface area is 248 Å². The van der Waals surface area contributed by atoms with E-state index in [2.05, 4.69) is 20.5 Å². The Morgan fingerprint density at radius 1 is 1.05 bits per heavy atom. The van der Waals surface area contributed by atoms with Gasteiger partial charge in [0.05, 0.1) is 12.8 Å². The number of carbonyl (C=O) groups excluding carboxylic acids is 4. The van der Waals surface area contributed by atoms with E-state index in [0.717, 1.165) is 18.3 Å². The molecule has 3 atom stereocenters. The standard InChI is InChI=1S/C29H37F3N6O5/c1-6-23(39)36-25(27(41)38-13-11-37(4)12-14-38)17(2)19-7-9-22(21(30)15-19)35-26(40)18(3)34-28(42)29(31,32)20-8-10-24(43-5)33-16-20/h7-10,15-18,25H,6,11-14H2,1-5H3,(H,34,42)(H,35,40)(H,36,39)/t17-,18-,25+/m0/s1. The molecule has 1 fully saturated rings. The van der Waals surface area contributed by atoms with E-state index in [1.165, 1.54) is 32.2 Å². The average Bonchev–Trinajstić information content (AvgIpc) is 3.00. The summed E-state index contributed by atoms with van der Waals surface area (Å²) in [5, 5.41) is 6.97. The second-order valence-electron chi connectivity index (χ2n) is 10.4. The van der Waals surface area contributed by atoms with E-state index in [1.54, 1.807) is 18.7 Å². The Morgan fingerprint density at radius 2 is 1.72 bits per heavy atom. The number of carbonyl (C=O) groups is 4. The van der Waals surface area contributed by atoms with Gasteiger partial charge in [-0.1, -0.05) is 19.9 Å². The van der Waals surface area contributed by atoms with Crippen molar-refractivity contribution in [3.63, 3.8) is 0 Å². The van der Waals surface area contributed by atoms with Gasteiger partial charge < -0.3 is 30.5 Å². The summed E-state index contributed by atoms with van der Waals surface area (Å²) in [4.78, 5) is 58.0. The maximum absolute atomic E-state index is 15.1. The molecule has 3 rings (SSSR count). The van der Waals surface area contributed by atoms with E-state index in [-0.39, 0.29) is 29.8 Å². The van der Waals surface area contributed by atoms with Crippen LogP contribution in [0.15, 0.2) is 36.5 Å². The zero-order valence-corrected chi connectivity index (χ0v) is 24.7. The molecule has 234 valence electrons. The van der Waals surface area contributed by atoms with E-state index in [0.29, 0.717) is 31.7 Å². The lowest BCUT2D eigenvalue weighted by molar-refractivity contribution is -0.148. The fourth-order valence-corrected chi connectivity index (χ4v) is 4.42. The summed E-state index contributed by atoms with van der Waals surface area (Å²) in [5.41, 5.74) is -0.560. The third-order valence-electron chi connectivity index (χ3n) is 7.33. The Bertz CT molecular complexity index is 1320. The minimum atomic E-state index is -4.00. The number of methoxy groups -OCH3 is 1. The van der Waals surface area contributed by atoms with E-state index in [4.69, 9.17) is 4.74 Å². The maximum Gasteiger partial charge on any atom is 0.351 e. The van der Waals surface area contributed by atoms with Crippen molar-refractivity contribution in [2.24, 2.45) is 0 Å². The lowest BCUT2D eigenvalue weighted by atomic mass is 9.91. The number of halogens is 3. The zero-order chi connectivity index (χ0) is 31.9. The molecule has 11 nitrogen and oxygen atoms in total. The summed E-state index contributed by atoms with van der Waals surface area (Å²) in [7, 11) is 3.26. The highest BCUT2D eigenvalue weighted by Gasteiger charge is 2.42. The van der Waals surface area contributed by atoms with Crippen molar-refractivity contribution in [2.45, 2.75) is 51.1 Å². The Morgan fingerprint density at radius 3 is 2.28 bits per heavy atom. The minimum Gasteiger partial charge on any atom is -0.481 e. The van der Waals surface area contributed by atoms with Crippen LogP contribution < -0.4 is 20.7 Å². The smallest absolute Gasteiger partial charge is 0.351 e. The lowest BCUT2D eigenvalue weighted by Crippen LogP contribution is -2.55. The Hall–Kier alpha value is -4.20. The molecule has 1 aromatic heterocycles. The largest absolute Gasteiger partial charge is 0.481 e. The number of nitrogens with zero attached hydrogens (tertiary/aromatic N) is 3.